The largest absolute Gasteiger partial charge is 0.480 e. The van der Waals surface area contributed by atoms with Crippen LogP contribution in [0, 0.1) is 11.3 Å². The van der Waals surface area contributed by atoms with E-state index in [1.807, 2.05) is 6.92 Å². The van der Waals surface area contributed by atoms with Gasteiger partial charge in [-0.25, -0.2) is 0 Å². The smallest absolute Gasteiger partial charge is 0.320 e. The Labute approximate surface area is 74.0 Å². The van der Waals surface area contributed by atoms with Crippen LogP contribution in [0.3, 0.4) is 0 Å². The van der Waals surface area contributed by atoms with Crippen LogP contribution in [-0.2, 0) is 4.79 Å². The minimum Gasteiger partial charge on any atom is -0.480 e. The molecule has 0 spiro atoms. The van der Waals surface area contributed by atoms with Gasteiger partial charge in [-0.05, 0) is 17.8 Å². The van der Waals surface area contributed by atoms with E-state index in [4.69, 9.17) is 10.8 Å². The molecule has 3 heteroatoms. The predicted octanol–water partition coefficient (Wildman–Crippen LogP) is 1.47. The molecular weight excluding hydrogens is 154 g/mol. The average molecular weight is 173 g/mol. The monoisotopic (exact) mass is 173 g/mol. The van der Waals surface area contributed by atoms with Crippen LogP contribution in [-0.4, -0.2) is 17.1 Å². The molecule has 0 aliphatic carbocycles. The Bertz CT molecular complexity index is 160. The molecule has 1 unspecified atom stereocenters. The number of carbonyl (C=O) groups is 1. The van der Waals surface area contributed by atoms with Gasteiger partial charge in [-0.1, -0.05) is 27.7 Å². The zero-order valence-corrected chi connectivity index (χ0v) is 8.29. The van der Waals surface area contributed by atoms with E-state index in [1.54, 1.807) is 0 Å². The van der Waals surface area contributed by atoms with Crippen LogP contribution >= 0.6 is 0 Å². The maximum atomic E-state index is 10.4. The third kappa shape index (κ3) is 3.72. The van der Waals surface area contributed by atoms with Crippen molar-refractivity contribution in [2.24, 2.45) is 17.1 Å². The van der Waals surface area contributed by atoms with E-state index in [-0.39, 0.29) is 5.41 Å². The predicted molar refractivity (Wildman–Crippen MR) is 48.8 cm³/mol. The van der Waals surface area contributed by atoms with Crippen molar-refractivity contribution in [2.75, 3.05) is 0 Å². The first kappa shape index (κ1) is 11.4. The zero-order valence-electron chi connectivity index (χ0n) is 8.29. The van der Waals surface area contributed by atoms with Gasteiger partial charge in [0.1, 0.15) is 6.04 Å². The molecule has 0 aromatic carbocycles. The summed E-state index contributed by atoms with van der Waals surface area (Å²) in [7, 11) is 0. The third-order valence-electron chi connectivity index (χ3n) is 2.40. The summed E-state index contributed by atoms with van der Waals surface area (Å²) in [6.07, 6.45) is 0.541. The first-order valence-electron chi connectivity index (χ1n) is 4.23. The Morgan fingerprint density at radius 3 is 2.17 bits per heavy atom. The Morgan fingerprint density at radius 2 is 1.92 bits per heavy atom. The van der Waals surface area contributed by atoms with Gasteiger partial charge in [0.15, 0.2) is 0 Å². The lowest BCUT2D eigenvalue weighted by Crippen LogP contribution is -2.34. The summed E-state index contributed by atoms with van der Waals surface area (Å²) >= 11 is 0. The fourth-order valence-corrected chi connectivity index (χ4v) is 0.835. The fraction of sp³-hybridized carbons (Fsp3) is 0.889. The lowest BCUT2D eigenvalue weighted by atomic mass is 9.78. The second-order valence-corrected chi connectivity index (χ2v) is 4.45. The van der Waals surface area contributed by atoms with Crippen LogP contribution in [0.4, 0.5) is 0 Å². The molecule has 3 N–H and O–H groups in total. The first-order chi connectivity index (χ1) is 5.25. The van der Waals surface area contributed by atoms with Crippen molar-refractivity contribution >= 4 is 5.97 Å². The van der Waals surface area contributed by atoms with E-state index < -0.39 is 12.0 Å². The molecule has 72 valence electrons. The van der Waals surface area contributed by atoms with Crippen LogP contribution in [0.2, 0.25) is 0 Å². The van der Waals surface area contributed by atoms with Crippen LogP contribution in [0.25, 0.3) is 0 Å². The van der Waals surface area contributed by atoms with Crippen LogP contribution in [0.5, 0.6) is 0 Å². The molecule has 0 rings (SSSR count). The number of hydrogen-bond acceptors (Lipinski definition) is 2. The minimum absolute atomic E-state index is 0.132. The zero-order chi connectivity index (χ0) is 9.94. The maximum Gasteiger partial charge on any atom is 0.320 e. The lowest BCUT2D eigenvalue weighted by Gasteiger charge is -2.28. The number of carboxylic acids is 1. The fourth-order valence-electron chi connectivity index (χ4n) is 0.835. The summed E-state index contributed by atoms with van der Waals surface area (Å²) in [5.41, 5.74) is 5.55. The van der Waals surface area contributed by atoms with Crippen molar-refractivity contribution in [3.63, 3.8) is 0 Å². The van der Waals surface area contributed by atoms with Crippen molar-refractivity contribution in [1.29, 1.82) is 0 Å². The molecule has 0 bridgehead atoms. The quantitative estimate of drug-likeness (QED) is 0.679. The molecule has 12 heavy (non-hydrogen) atoms. The van der Waals surface area contributed by atoms with E-state index in [9.17, 15) is 4.79 Å². The molecule has 0 fully saturated rings. The summed E-state index contributed by atoms with van der Waals surface area (Å²) in [5, 5.41) is 8.57. The van der Waals surface area contributed by atoms with Crippen molar-refractivity contribution in [1.82, 2.24) is 0 Å². The Morgan fingerprint density at radius 1 is 1.50 bits per heavy atom. The number of aliphatic carboxylic acids is 1. The van der Waals surface area contributed by atoms with E-state index in [0.29, 0.717) is 12.3 Å². The van der Waals surface area contributed by atoms with Crippen LogP contribution in [0.1, 0.15) is 34.1 Å². The second kappa shape index (κ2) is 3.90. The molecule has 0 aliphatic heterocycles. The molecule has 0 saturated heterocycles. The molecule has 0 aromatic heterocycles. The van der Waals surface area contributed by atoms with E-state index >= 15 is 0 Å². The maximum absolute atomic E-state index is 10.4. The number of rotatable bonds is 3. The van der Waals surface area contributed by atoms with Crippen molar-refractivity contribution < 1.29 is 9.90 Å². The van der Waals surface area contributed by atoms with Gasteiger partial charge in [-0.15, -0.1) is 0 Å². The highest BCUT2D eigenvalue weighted by Crippen LogP contribution is 2.28. The van der Waals surface area contributed by atoms with Gasteiger partial charge in [0, 0.05) is 0 Å². The summed E-state index contributed by atoms with van der Waals surface area (Å²) in [4.78, 5) is 10.4. The van der Waals surface area contributed by atoms with Crippen molar-refractivity contribution in [2.45, 2.75) is 40.2 Å². The van der Waals surface area contributed by atoms with Crippen LogP contribution in [0.15, 0.2) is 0 Å². The van der Waals surface area contributed by atoms with Gasteiger partial charge >= 0.3 is 5.97 Å². The molecular formula is C9H19NO2. The van der Waals surface area contributed by atoms with Gasteiger partial charge < -0.3 is 10.8 Å². The molecule has 0 heterocycles. The van der Waals surface area contributed by atoms with E-state index in [2.05, 4.69) is 20.8 Å². The molecule has 0 aliphatic rings. The minimum atomic E-state index is -0.911. The number of nitrogens with two attached hydrogens (primary N) is 1. The first-order valence-corrected chi connectivity index (χ1v) is 4.23. The van der Waals surface area contributed by atoms with Gasteiger partial charge in [-0.2, -0.15) is 0 Å². The van der Waals surface area contributed by atoms with Gasteiger partial charge in [0.25, 0.3) is 0 Å². The molecule has 3 nitrogen and oxygen atoms in total. The Hall–Kier alpha value is -0.570. The normalized spacial score (nSPS) is 17.1. The topological polar surface area (TPSA) is 63.3 Å². The van der Waals surface area contributed by atoms with E-state index in [1.165, 1.54) is 0 Å². The van der Waals surface area contributed by atoms with Gasteiger partial charge in [0.05, 0.1) is 0 Å². The standard InChI is InChI=1S/C9H19NO2/c1-6(9(2,3)4)5-7(10)8(11)12/h6-7H,5,10H2,1-4H3,(H,11,12)/t6?,7-/m1/s1. The third-order valence-corrected chi connectivity index (χ3v) is 2.40. The lowest BCUT2D eigenvalue weighted by molar-refractivity contribution is -0.139. The summed E-state index contributed by atoms with van der Waals surface area (Å²) in [6, 6.07) is -0.723. The second-order valence-electron chi connectivity index (χ2n) is 4.45. The molecule has 0 aromatic rings. The van der Waals surface area contributed by atoms with E-state index in [0.717, 1.165) is 0 Å². The SMILES string of the molecule is CC(C[C@@H](N)C(=O)O)C(C)(C)C. The van der Waals surface area contributed by atoms with Gasteiger partial charge in [0.2, 0.25) is 0 Å². The molecule has 0 saturated carbocycles. The summed E-state index contributed by atoms with van der Waals surface area (Å²) in [6.45, 7) is 8.30. The highest BCUT2D eigenvalue weighted by Gasteiger charge is 2.24. The summed E-state index contributed by atoms with van der Waals surface area (Å²) < 4.78 is 0. The highest BCUT2D eigenvalue weighted by atomic mass is 16.4. The number of carboxylic acid groups (broad SMARTS) is 1. The van der Waals surface area contributed by atoms with Crippen molar-refractivity contribution in [3.05, 3.63) is 0 Å². The Kier molecular flexibility index (Phi) is 3.71. The van der Waals surface area contributed by atoms with Crippen LogP contribution < -0.4 is 5.73 Å². The highest BCUT2D eigenvalue weighted by molar-refractivity contribution is 5.73. The number of hydrogen-bond donors (Lipinski definition) is 2. The van der Waals surface area contributed by atoms with Gasteiger partial charge in [-0.3, -0.25) is 4.79 Å². The molecule has 0 amide bonds. The van der Waals surface area contributed by atoms with Crippen molar-refractivity contribution in [3.8, 4) is 0 Å². The summed E-state index contributed by atoms with van der Waals surface area (Å²) in [5.74, 6) is -0.588. The Balaban J connectivity index is 4.01. The molecule has 2 atom stereocenters. The average Bonchev–Trinajstić information content (AvgIpc) is 1.85. The molecule has 0 radical (unpaired) electrons.